The van der Waals surface area contributed by atoms with E-state index in [2.05, 4.69) is 66.5 Å². The summed E-state index contributed by atoms with van der Waals surface area (Å²) in [6.45, 7) is 6.14. The Morgan fingerprint density at radius 2 is 2.00 bits per heavy atom. The van der Waals surface area contributed by atoms with Gasteiger partial charge in [0.15, 0.2) is 6.20 Å². The summed E-state index contributed by atoms with van der Waals surface area (Å²) in [6, 6.07) is 13.2. The van der Waals surface area contributed by atoms with Crippen LogP contribution in [-0.2, 0) is 13.5 Å². The Morgan fingerprint density at radius 3 is 2.79 bits per heavy atom. The van der Waals surface area contributed by atoms with E-state index in [1.807, 2.05) is 13.8 Å². The van der Waals surface area contributed by atoms with Crippen molar-refractivity contribution in [3.63, 3.8) is 0 Å². The molecule has 1 aliphatic rings. The fourth-order valence-electron chi connectivity index (χ4n) is 4.30. The second-order valence-electron chi connectivity index (χ2n) is 8.32. The van der Waals surface area contributed by atoms with Crippen molar-refractivity contribution in [3.8, 4) is 28.8 Å². The Kier molecular flexibility index (Phi) is 3.56. The number of fused-ring (bicyclic) bond motifs is 3. The van der Waals surface area contributed by atoms with Crippen molar-refractivity contribution < 1.29 is 9.30 Å². The molecule has 28 heavy (non-hydrogen) atoms. The average Bonchev–Trinajstić information content (AvgIpc) is 3.12. The Balaban J connectivity index is 1.82. The maximum Gasteiger partial charge on any atom is 0.228 e. The summed E-state index contributed by atoms with van der Waals surface area (Å²) in [5.41, 5.74) is 4.36. The summed E-state index contributed by atoms with van der Waals surface area (Å²) in [5, 5.41) is 15.2. The number of hydrogen-bond acceptors (Lipinski definition) is 3. The van der Waals surface area contributed by atoms with Gasteiger partial charge in [-0.1, -0.05) is 6.07 Å². The minimum Gasteiger partial charge on any atom is -0.455 e. The summed E-state index contributed by atoms with van der Waals surface area (Å²) >= 11 is 1.74. The maximum atomic E-state index is 9.44. The van der Waals surface area contributed by atoms with Crippen LogP contribution < -0.4 is 9.30 Å². The van der Waals surface area contributed by atoms with Crippen molar-refractivity contribution in [2.75, 3.05) is 0 Å². The first-order valence-corrected chi connectivity index (χ1v) is 10.3. The number of pyridine rings is 1. The molecule has 0 radical (unpaired) electrons. The van der Waals surface area contributed by atoms with Gasteiger partial charge in [-0.2, -0.15) is 5.26 Å². The number of thiophene rings is 1. The van der Waals surface area contributed by atoms with Crippen molar-refractivity contribution in [3.05, 3.63) is 53.0 Å². The van der Waals surface area contributed by atoms with Gasteiger partial charge in [-0.15, -0.1) is 11.3 Å². The van der Waals surface area contributed by atoms with Crippen LogP contribution in [0.15, 0.2) is 41.9 Å². The fourth-order valence-corrected chi connectivity index (χ4v) is 5.18. The molecule has 4 aromatic rings. The third kappa shape index (κ3) is 2.43. The largest absolute Gasteiger partial charge is 0.455 e. The van der Waals surface area contributed by atoms with E-state index in [4.69, 9.17) is 4.74 Å². The molecule has 0 unspecified atom stereocenters. The molecule has 2 aromatic heterocycles. The zero-order valence-electron chi connectivity index (χ0n) is 16.5. The summed E-state index contributed by atoms with van der Waals surface area (Å²) < 4.78 is 9.90. The molecule has 4 heteroatoms. The number of nitrogens with zero attached hydrogens (tertiary/aromatic N) is 2. The van der Waals surface area contributed by atoms with Crippen LogP contribution in [0, 0.1) is 23.7 Å². The highest BCUT2D eigenvalue weighted by Crippen LogP contribution is 2.49. The van der Waals surface area contributed by atoms with Crippen LogP contribution in [0.2, 0.25) is 0 Å². The lowest BCUT2D eigenvalue weighted by molar-refractivity contribution is -0.659. The van der Waals surface area contributed by atoms with Gasteiger partial charge < -0.3 is 4.74 Å². The molecule has 1 aliphatic heterocycles. The second-order valence-corrected chi connectivity index (χ2v) is 9.26. The number of rotatable bonds is 2. The van der Waals surface area contributed by atoms with E-state index in [0.29, 0.717) is 6.42 Å². The molecule has 0 saturated carbocycles. The smallest absolute Gasteiger partial charge is 0.228 e. The molecular formula is C24H21N2OS+. The maximum absolute atomic E-state index is 9.44. The predicted molar refractivity (Wildman–Crippen MR) is 114 cm³/mol. The van der Waals surface area contributed by atoms with Gasteiger partial charge in [0, 0.05) is 10.8 Å². The number of hydrogen-bond donors (Lipinski definition) is 0. The summed E-state index contributed by atoms with van der Waals surface area (Å²) in [5.74, 6) is 1.80. The lowest BCUT2D eigenvalue weighted by Gasteiger charge is -2.23. The summed E-state index contributed by atoms with van der Waals surface area (Å²) in [7, 11) is 2.09. The first-order valence-electron chi connectivity index (χ1n) is 9.43. The molecule has 5 rings (SSSR count). The van der Waals surface area contributed by atoms with E-state index < -0.39 is 5.41 Å². The lowest BCUT2D eigenvalue weighted by Crippen LogP contribution is -2.31. The van der Waals surface area contributed by atoms with Gasteiger partial charge in [0.1, 0.15) is 18.5 Å². The Labute approximate surface area is 168 Å². The summed E-state index contributed by atoms with van der Waals surface area (Å²) in [6.07, 6.45) is 2.81. The monoisotopic (exact) mass is 385 g/mol. The lowest BCUT2D eigenvalue weighted by atomic mass is 9.86. The minimum absolute atomic E-state index is 0.408. The fraction of sp³-hybridized carbons (Fsp3) is 0.250. The molecule has 0 saturated heterocycles. The van der Waals surface area contributed by atoms with Crippen LogP contribution in [0.1, 0.15) is 25.0 Å². The van der Waals surface area contributed by atoms with Gasteiger partial charge in [-0.05, 0) is 72.7 Å². The zero-order valence-corrected chi connectivity index (χ0v) is 17.3. The highest BCUT2D eigenvalue weighted by atomic mass is 32.1. The Hall–Kier alpha value is -2.90. The van der Waals surface area contributed by atoms with Crippen LogP contribution in [0.3, 0.4) is 0 Å². The molecule has 138 valence electrons. The SMILES string of the molecule is Cc1c2c(cc3sccc13)Oc1cc(CC(C)(C)C#N)cc3cc[n+](C)c-2c13. The summed E-state index contributed by atoms with van der Waals surface area (Å²) in [4.78, 5) is 0. The van der Waals surface area contributed by atoms with E-state index >= 15 is 0 Å². The highest BCUT2D eigenvalue weighted by molar-refractivity contribution is 7.17. The van der Waals surface area contributed by atoms with Gasteiger partial charge in [-0.3, -0.25) is 0 Å². The third-order valence-electron chi connectivity index (χ3n) is 5.65. The molecule has 0 bridgehead atoms. The zero-order chi connectivity index (χ0) is 19.6. The molecular weight excluding hydrogens is 364 g/mol. The third-order valence-corrected chi connectivity index (χ3v) is 6.51. The van der Waals surface area contributed by atoms with E-state index in [9.17, 15) is 5.26 Å². The van der Waals surface area contributed by atoms with Crippen LogP contribution >= 0.6 is 11.3 Å². The van der Waals surface area contributed by atoms with Crippen molar-refractivity contribution in [2.45, 2.75) is 27.2 Å². The second kappa shape index (κ2) is 5.80. The first-order chi connectivity index (χ1) is 13.4. The van der Waals surface area contributed by atoms with Crippen molar-refractivity contribution >= 4 is 32.2 Å². The number of benzene rings is 2. The van der Waals surface area contributed by atoms with Gasteiger partial charge >= 0.3 is 0 Å². The highest BCUT2D eigenvalue weighted by Gasteiger charge is 2.31. The Bertz CT molecular complexity index is 1320. The average molecular weight is 386 g/mol. The van der Waals surface area contributed by atoms with Crippen LogP contribution in [-0.4, -0.2) is 0 Å². The van der Waals surface area contributed by atoms with Crippen LogP contribution in [0.25, 0.3) is 32.1 Å². The quantitative estimate of drug-likeness (QED) is 0.347. The normalized spacial score (nSPS) is 12.7. The molecule has 0 N–H and O–H groups in total. The van der Waals surface area contributed by atoms with E-state index in [1.165, 1.54) is 26.9 Å². The molecule has 0 fully saturated rings. The number of aromatic nitrogens is 1. The molecule has 0 aliphatic carbocycles. The van der Waals surface area contributed by atoms with Gasteiger partial charge in [0.25, 0.3) is 0 Å². The van der Waals surface area contributed by atoms with Crippen molar-refractivity contribution in [1.29, 1.82) is 5.26 Å². The topological polar surface area (TPSA) is 36.9 Å². The van der Waals surface area contributed by atoms with E-state index in [-0.39, 0.29) is 0 Å². The van der Waals surface area contributed by atoms with Gasteiger partial charge in [-0.25, -0.2) is 4.57 Å². The molecule has 0 amide bonds. The number of aryl methyl sites for hydroxylation is 2. The molecule has 0 spiro atoms. The van der Waals surface area contributed by atoms with Crippen molar-refractivity contribution in [2.24, 2.45) is 12.5 Å². The van der Waals surface area contributed by atoms with Crippen LogP contribution in [0.5, 0.6) is 11.5 Å². The number of ether oxygens (including phenoxy) is 1. The Morgan fingerprint density at radius 1 is 1.18 bits per heavy atom. The van der Waals surface area contributed by atoms with Gasteiger partial charge in [0.05, 0.1) is 22.4 Å². The first kappa shape index (κ1) is 17.2. The predicted octanol–water partition coefficient (Wildman–Crippen LogP) is 6.05. The minimum atomic E-state index is -0.408. The van der Waals surface area contributed by atoms with Crippen LogP contribution in [0.4, 0.5) is 0 Å². The molecule has 3 nitrogen and oxygen atoms in total. The molecule has 3 heterocycles. The standard InChI is InChI=1S/C24H21N2OS/c1-14-17-6-8-28-20(17)11-19-21(14)23-22-16(5-7-26(23)4)9-15(10-18(22)27-19)12-24(2,3)13-25/h5-11H,12H2,1-4H3/q+1. The van der Waals surface area contributed by atoms with E-state index in [0.717, 1.165) is 27.8 Å². The van der Waals surface area contributed by atoms with E-state index in [1.54, 1.807) is 11.3 Å². The molecule has 0 atom stereocenters. The van der Waals surface area contributed by atoms with Gasteiger partial charge in [0.2, 0.25) is 5.69 Å². The molecule has 2 aromatic carbocycles. The van der Waals surface area contributed by atoms with Crippen molar-refractivity contribution in [1.82, 2.24) is 0 Å². The number of nitriles is 1.